The topological polar surface area (TPSA) is 92.4 Å². The summed E-state index contributed by atoms with van der Waals surface area (Å²) in [4.78, 5) is 0.232. The fourth-order valence-electron chi connectivity index (χ4n) is 2.84. The molecule has 2 rings (SSSR count). The van der Waals surface area contributed by atoms with Crippen molar-refractivity contribution in [2.45, 2.75) is 31.1 Å². The van der Waals surface area contributed by atoms with E-state index in [1.807, 2.05) is 0 Å². The highest BCUT2D eigenvalue weighted by Crippen LogP contribution is 2.31. The van der Waals surface area contributed by atoms with E-state index >= 15 is 0 Å². The number of benzene rings is 1. The SMILES string of the molecule is Cc1c(N)cccc1S(=O)(=O)NCC1CCCC1CO. The van der Waals surface area contributed by atoms with Gasteiger partial charge in [-0.3, -0.25) is 0 Å². The van der Waals surface area contributed by atoms with Crippen molar-refractivity contribution in [3.8, 4) is 0 Å². The van der Waals surface area contributed by atoms with Gasteiger partial charge in [-0.1, -0.05) is 12.5 Å². The maximum Gasteiger partial charge on any atom is 0.240 e. The molecular weight excluding hydrogens is 276 g/mol. The molecule has 0 amide bonds. The third kappa shape index (κ3) is 3.13. The van der Waals surface area contributed by atoms with E-state index in [-0.39, 0.29) is 23.3 Å². The number of nitrogen functional groups attached to an aromatic ring is 1. The van der Waals surface area contributed by atoms with Crippen LogP contribution in [0.5, 0.6) is 0 Å². The van der Waals surface area contributed by atoms with Gasteiger partial charge in [-0.25, -0.2) is 13.1 Å². The van der Waals surface area contributed by atoms with Gasteiger partial charge in [-0.05, 0) is 49.3 Å². The highest BCUT2D eigenvalue weighted by atomic mass is 32.2. The molecule has 1 saturated carbocycles. The lowest BCUT2D eigenvalue weighted by Gasteiger charge is -2.18. The van der Waals surface area contributed by atoms with Crippen LogP contribution >= 0.6 is 0 Å². The molecule has 0 spiro atoms. The van der Waals surface area contributed by atoms with Crippen LogP contribution in [0, 0.1) is 18.8 Å². The van der Waals surface area contributed by atoms with Crippen molar-refractivity contribution >= 4 is 15.7 Å². The summed E-state index contributed by atoms with van der Waals surface area (Å²) in [6, 6.07) is 4.89. The fourth-order valence-corrected chi connectivity index (χ4v) is 4.21. The Morgan fingerprint density at radius 2 is 2.05 bits per heavy atom. The number of aliphatic hydroxyl groups excluding tert-OH is 1. The third-order valence-electron chi connectivity index (χ3n) is 4.20. The Balaban J connectivity index is 2.10. The lowest BCUT2D eigenvalue weighted by Crippen LogP contribution is -2.32. The average molecular weight is 298 g/mol. The molecular formula is C14H22N2O3S. The first-order valence-electron chi connectivity index (χ1n) is 6.91. The molecule has 0 radical (unpaired) electrons. The quantitative estimate of drug-likeness (QED) is 0.714. The summed E-state index contributed by atoms with van der Waals surface area (Å²) in [6.07, 6.45) is 2.98. The summed E-state index contributed by atoms with van der Waals surface area (Å²) in [5.41, 5.74) is 6.80. The van der Waals surface area contributed by atoms with E-state index in [2.05, 4.69) is 4.72 Å². The van der Waals surface area contributed by atoms with E-state index in [0.717, 1.165) is 19.3 Å². The van der Waals surface area contributed by atoms with Crippen molar-refractivity contribution in [1.29, 1.82) is 0 Å². The summed E-state index contributed by atoms with van der Waals surface area (Å²) in [7, 11) is -3.54. The molecule has 1 fully saturated rings. The number of hydrogen-bond acceptors (Lipinski definition) is 4. The number of nitrogens with one attached hydrogen (secondary N) is 1. The van der Waals surface area contributed by atoms with Crippen molar-refractivity contribution in [1.82, 2.24) is 4.72 Å². The van der Waals surface area contributed by atoms with Crippen LogP contribution < -0.4 is 10.5 Å². The summed E-state index contributed by atoms with van der Waals surface area (Å²) in [6.45, 7) is 2.21. The van der Waals surface area contributed by atoms with Crippen molar-refractivity contribution in [2.75, 3.05) is 18.9 Å². The van der Waals surface area contributed by atoms with Crippen molar-refractivity contribution in [3.05, 3.63) is 23.8 Å². The molecule has 1 aliphatic rings. The molecule has 4 N–H and O–H groups in total. The molecule has 20 heavy (non-hydrogen) atoms. The van der Waals surface area contributed by atoms with Gasteiger partial charge < -0.3 is 10.8 Å². The van der Waals surface area contributed by atoms with Gasteiger partial charge in [-0.15, -0.1) is 0 Å². The zero-order valence-electron chi connectivity index (χ0n) is 11.7. The standard InChI is InChI=1S/C14H22N2O3S/c1-10-13(15)6-3-7-14(10)20(18,19)16-8-11-4-2-5-12(11)9-17/h3,6-7,11-12,16-17H,2,4-5,8-9,15H2,1H3. The lowest BCUT2D eigenvalue weighted by atomic mass is 9.97. The largest absolute Gasteiger partial charge is 0.398 e. The van der Waals surface area contributed by atoms with Crippen LogP contribution in [0.1, 0.15) is 24.8 Å². The minimum atomic E-state index is -3.54. The number of rotatable bonds is 5. The van der Waals surface area contributed by atoms with Gasteiger partial charge in [0.1, 0.15) is 0 Å². The van der Waals surface area contributed by atoms with Crippen LogP contribution in [0.2, 0.25) is 0 Å². The predicted molar refractivity (Wildman–Crippen MR) is 78.7 cm³/mol. The first kappa shape index (κ1) is 15.3. The molecule has 5 nitrogen and oxygen atoms in total. The minimum absolute atomic E-state index is 0.129. The van der Waals surface area contributed by atoms with Gasteiger partial charge >= 0.3 is 0 Å². The smallest absolute Gasteiger partial charge is 0.240 e. The van der Waals surface area contributed by atoms with Crippen LogP contribution in [-0.2, 0) is 10.0 Å². The van der Waals surface area contributed by atoms with Crippen molar-refractivity contribution in [2.24, 2.45) is 11.8 Å². The molecule has 2 atom stereocenters. The molecule has 1 aliphatic carbocycles. The average Bonchev–Trinajstić information content (AvgIpc) is 2.87. The predicted octanol–water partition coefficient (Wildman–Crippen LogP) is 1.26. The number of sulfonamides is 1. The van der Waals surface area contributed by atoms with E-state index in [4.69, 9.17) is 5.73 Å². The summed E-state index contributed by atoms with van der Waals surface area (Å²) in [5, 5.41) is 9.27. The second kappa shape index (κ2) is 6.11. The van der Waals surface area contributed by atoms with Gasteiger partial charge in [0.2, 0.25) is 10.0 Å². The maximum atomic E-state index is 12.3. The molecule has 1 aromatic rings. The van der Waals surface area contributed by atoms with Crippen LogP contribution in [0.3, 0.4) is 0 Å². The van der Waals surface area contributed by atoms with Crippen LogP contribution in [-0.4, -0.2) is 26.7 Å². The van der Waals surface area contributed by atoms with Gasteiger partial charge in [0, 0.05) is 18.8 Å². The zero-order chi connectivity index (χ0) is 14.8. The highest BCUT2D eigenvalue weighted by molar-refractivity contribution is 7.89. The molecule has 0 aliphatic heterocycles. The molecule has 0 saturated heterocycles. The Kier molecular flexibility index (Phi) is 4.67. The first-order valence-corrected chi connectivity index (χ1v) is 8.39. The summed E-state index contributed by atoms with van der Waals surface area (Å²) in [5.74, 6) is 0.427. The Bertz CT molecular complexity index is 572. The van der Waals surface area contributed by atoms with Crippen molar-refractivity contribution in [3.63, 3.8) is 0 Å². The highest BCUT2D eigenvalue weighted by Gasteiger charge is 2.28. The summed E-state index contributed by atoms with van der Waals surface area (Å²) < 4.78 is 27.3. The van der Waals surface area contributed by atoms with E-state index < -0.39 is 10.0 Å². The Hall–Kier alpha value is -1.11. The van der Waals surface area contributed by atoms with Crippen LogP contribution in [0.25, 0.3) is 0 Å². The minimum Gasteiger partial charge on any atom is -0.398 e. The summed E-state index contributed by atoms with van der Waals surface area (Å²) >= 11 is 0. The number of anilines is 1. The molecule has 0 aromatic heterocycles. The number of hydrogen-bond donors (Lipinski definition) is 3. The van der Waals surface area contributed by atoms with Gasteiger partial charge in [-0.2, -0.15) is 0 Å². The van der Waals surface area contributed by atoms with E-state index in [1.165, 1.54) is 0 Å². The van der Waals surface area contributed by atoms with Gasteiger partial charge in [0.25, 0.3) is 0 Å². The van der Waals surface area contributed by atoms with E-state index in [0.29, 0.717) is 17.8 Å². The van der Waals surface area contributed by atoms with Crippen LogP contribution in [0.4, 0.5) is 5.69 Å². The van der Waals surface area contributed by atoms with Crippen LogP contribution in [0.15, 0.2) is 23.1 Å². The maximum absolute atomic E-state index is 12.3. The monoisotopic (exact) mass is 298 g/mol. The van der Waals surface area contributed by atoms with E-state index in [9.17, 15) is 13.5 Å². The Labute approximate surface area is 120 Å². The molecule has 2 unspecified atom stereocenters. The fraction of sp³-hybridized carbons (Fsp3) is 0.571. The lowest BCUT2D eigenvalue weighted by molar-refractivity contribution is 0.195. The normalized spacial score (nSPS) is 23.1. The molecule has 6 heteroatoms. The second-order valence-electron chi connectivity index (χ2n) is 5.46. The molecule has 112 valence electrons. The molecule has 0 bridgehead atoms. The number of aliphatic hydroxyl groups is 1. The van der Waals surface area contributed by atoms with Gasteiger partial charge in [0.05, 0.1) is 4.90 Å². The zero-order valence-corrected chi connectivity index (χ0v) is 12.5. The Morgan fingerprint density at radius 3 is 2.75 bits per heavy atom. The Morgan fingerprint density at radius 1 is 1.35 bits per heavy atom. The molecule has 0 heterocycles. The van der Waals surface area contributed by atoms with E-state index in [1.54, 1.807) is 25.1 Å². The molecule has 1 aromatic carbocycles. The third-order valence-corrected chi connectivity index (χ3v) is 5.77. The van der Waals surface area contributed by atoms with Gasteiger partial charge in [0.15, 0.2) is 0 Å². The van der Waals surface area contributed by atoms with Crippen molar-refractivity contribution < 1.29 is 13.5 Å². The second-order valence-corrected chi connectivity index (χ2v) is 7.19. The first-order chi connectivity index (χ1) is 9.45. The number of nitrogens with two attached hydrogens (primary N) is 1.